The molecule has 3 aromatic rings. The molecule has 0 amide bonds. The SMILES string of the molecule is COc1ccc(-c2nc(N)nc(-n3cccn3)n2)c(C)c1. The molecule has 0 fully saturated rings. The molecule has 1 aromatic carbocycles. The Labute approximate surface area is 121 Å². The van der Waals surface area contributed by atoms with Crippen LogP contribution in [-0.2, 0) is 0 Å². The van der Waals surface area contributed by atoms with Gasteiger partial charge in [-0.3, -0.25) is 0 Å². The zero-order chi connectivity index (χ0) is 14.8. The van der Waals surface area contributed by atoms with Crippen LogP contribution < -0.4 is 10.5 Å². The Balaban J connectivity index is 2.10. The highest BCUT2D eigenvalue weighted by molar-refractivity contribution is 5.62. The summed E-state index contributed by atoms with van der Waals surface area (Å²) in [6.45, 7) is 1.96. The molecule has 21 heavy (non-hydrogen) atoms. The number of aromatic nitrogens is 5. The molecule has 3 rings (SSSR count). The first kappa shape index (κ1) is 13.0. The number of nitrogen functional groups attached to an aromatic ring is 1. The van der Waals surface area contributed by atoms with Gasteiger partial charge in [0.15, 0.2) is 5.82 Å². The van der Waals surface area contributed by atoms with Gasteiger partial charge in [0, 0.05) is 18.0 Å². The summed E-state index contributed by atoms with van der Waals surface area (Å²) in [7, 11) is 1.63. The van der Waals surface area contributed by atoms with Gasteiger partial charge in [-0.15, -0.1) is 0 Å². The summed E-state index contributed by atoms with van der Waals surface area (Å²) in [6, 6.07) is 7.47. The number of benzene rings is 1. The average molecular weight is 282 g/mol. The van der Waals surface area contributed by atoms with Crippen LogP contribution >= 0.6 is 0 Å². The molecule has 7 nitrogen and oxygen atoms in total. The van der Waals surface area contributed by atoms with Gasteiger partial charge in [0.2, 0.25) is 5.95 Å². The third kappa shape index (κ3) is 2.53. The van der Waals surface area contributed by atoms with Gasteiger partial charge in [-0.25, -0.2) is 4.68 Å². The van der Waals surface area contributed by atoms with Crippen LogP contribution in [0.15, 0.2) is 36.7 Å². The predicted octanol–water partition coefficient (Wildman–Crippen LogP) is 1.62. The van der Waals surface area contributed by atoms with Crippen LogP contribution in [0.3, 0.4) is 0 Å². The largest absolute Gasteiger partial charge is 0.497 e. The van der Waals surface area contributed by atoms with Crippen molar-refractivity contribution >= 4 is 5.95 Å². The average Bonchev–Trinajstić information content (AvgIpc) is 3.00. The third-order valence-corrected chi connectivity index (χ3v) is 3.02. The van der Waals surface area contributed by atoms with Crippen LogP contribution in [0, 0.1) is 6.92 Å². The minimum absolute atomic E-state index is 0.153. The van der Waals surface area contributed by atoms with E-state index in [4.69, 9.17) is 10.5 Å². The lowest BCUT2D eigenvalue weighted by Crippen LogP contribution is -2.08. The van der Waals surface area contributed by atoms with Crippen LogP contribution in [0.25, 0.3) is 17.3 Å². The number of aryl methyl sites for hydroxylation is 1. The van der Waals surface area contributed by atoms with Gasteiger partial charge in [-0.2, -0.15) is 20.1 Å². The zero-order valence-electron chi connectivity index (χ0n) is 11.7. The summed E-state index contributed by atoms with van der Waals surface area (Å²) in [6.07, 6.45) is 3.40. The second-order valence-electron chi connectivity index (χ2n) is 4.45. The molecule has 0 unspecified atom stereocenters. The molecule has 0 aliphatic carbocycles. The maximum absolute atomic E-state index is 5.78. The number of methoxy groups -OCH3 is 1. The van der Waals surface area contributed by atoms with Crippen LogP contribution in [0.5, 0.6) is 5.75 Å². The second kappa shape index (κ2) is 5.20. The molecule has 0 aliphatic rings. The van der Waals surface area contributed by atoms with Crippen molar-refractivity contribution in [3.63, 3.8) is 0 Å². The van der Waals surface area contributed by atoms with E-state index in [1.165, 1.54) is 0 Å². The highest BCUT2D eigenvalue weighted by Gasteiger charge is 2.11. The molecule has 0 spiro atoms. The Morgan fingerprint density at radius 2 is 2.05 bits per heavy atom. The summed E-state index contributed by atoms with van der Waals surface area (Å²) in [5, 5.41) is 4.10. The Bertz CT molecular complexity index is 769. The number of nitrogens with zero attached hydrogens (tertiary/aromatic N) is 5. The van der Waals surface area contributed by atoms with Gasteiger partial charge < -0.3 is 10.5 Å². The molecule has 0 bridgehead atoms. The molecule has 0 saturated carbocycles. The van der Waals surface area contributed by atoms with Crippen molar-refractivity contribution in [1.82, 2.24) is 24.7 Å². The molecule has 7 heteroatoms. The lowest BCUT2D eigenvalue weighted by Gasteiger charge is -2.08. The summed E-state index contributed by atoms with van der Waals surface area (Å²) in [5.41, 5.74) is 7.65. The second-order valence-corrected chi connectivity index (χ2v) is 4.45. The number of hydrogen-bond acceptors (Lipinski definition) is 6. The van der Waals surface area contributed by atoms with Crippen LogP contribution in [0.1, 0.15) is 5.56 Å². The lowest BCUT2D eigenvalue weighted by atomic mass is 10.1. The molecule has 0 aliphatic heterocycles. The Morgan fingerprint density at radius 1 is 1.19 bits per heavy atom. The van der Waals surface area contributed by atoms with Gasteiger partial charge in [0.05, 0.1) is 7.11 Å². The maximum atomic E-state index is 5.78. The van der Waals surface area contributed by atoms with Crippen LogP contribution in [-0.4, -0.2) is 31.8 Å². The highest BCUT2D eigenvalue weighted by atomic mass is 16.5. The lowest BCUT2D eigenvalue weighted by molar-refractivity contribution is 0.414. The number of anilines is 1. The molecular weight excluding hydrogens is 268 g/mol. The summed E-state index contributed by atoms with van der Waals surface area (Å²) in [4.78, 5) is 12.7. The number of nitrogens with two attached hydrogens (primary N) is 1. The molecular formula is C14H14N6O. The fourth-order valence-corrected chi connectivity index (χ4v) is 2.00. The molecule has 0 radical (unpaired) electrons. The summed E-state index contributed by atoms with van der Waals surface area (Å²) < 4.78 is 6.74. The standard InChI is InChI=1S/C14H14N6O/c1-9-8-10(21-2)4-5-11(9)12-17-13(15)19-14(18-12)20-7-3-6-16-20/h3-8H,1-2H3,(H2,15,17,18,19). The van der Waals surface area contributed by atoms with E-state index in [1.807, 2.05) is 25.1 Å². The minimum atomic E-state index is 0.153. The van der Waals surface area contributed by atoms with E-state index in [9.17, 15) is 0 Å². The molecule has 2 N–H and O–H groups in total. The predicted molar refractivity (Wildman–Crippen MR) is 78.1 cm³/mol. The molecule has 106 valence electrons. The van der Waals surface area contributed by atoms with Crippen molar-refractivity contribution in [2.45, 2.75) is 6.92 Å². The Kier molecular flexibility index (Phi) is 3.23. The van der Waals surface area contributed by atoms with E-state index in [2.05, 4.69) is 20.1 Å². The smallest absolute Gasteiger partial charge is 0.255 e. The van der Waals surface area contributed by atoms with Gasteiger partial charge in [-0.05, 0) is 36.8 Å². The van der Waals surface area contributed by atoms with Crippen molar-refractivity contribution in [2.24, 2.45) is 0 Å². The highest BCUT2D eigenvalue weighted by Crippen LogP contribution is 2.24. The molecule has 0 atom stereocenters. The monoisotopic (exact) mass is 282 g/mol. The maximum Gasteiger partial charge on any atom is 0.255 e. The van der Waals surface area contributed by atoms with Crippen LogP contribution in [0.4, 0.5) is 5.95 Å². The zero-order valence-corrected chi connectivity index (χ0v) is 11.7. The first-order chi connectivity index (χ1) is 10.2. The first-order valence-corrected chi connectivity index (χ1v) is 6.34. The van der Waals surface area contributed by atoms with Crippen LogP contribution in [0.2, 0.25) is 0 Å². The minimum Gasteiger partial charge on any atom is -0.497 e. The van der Waals surface area contributed by atoms with Gasteiger partial charge in [0.25, 0.3) is 5.95 Å². The van der Waals surface area contributed by atoms with Crippen molar-refractivity contribution in [3.8, 4) is 23.1 Å². The first-order valence-electron chi connectivity index (χ1n) is 6.34. The summed E-state index contributed by atoms with van der Waals surface area (Å²) >= 11 is 0. The quantitative estimate of drug-likeness (QED) is 0.785. The molecule has 2 heterocycles. The van der Waals surface area contributed by atoms with Crippen molar-refractivity contribution in [1.29, 1.82) is 0 Å². The topological polar surface area (TPSA) is 91.7 Å². The van der Waals surface area contributed by atoms with Gasteiger partial charge in [0.1, 0.15) is 5.75 Å². The van der Waals surface area contributed by atoms with Crippen molar-refractivity contribution in [2.75, 3.05) is 12.8 Å². The van der Waals surface area contributed by atoms with Gasteiger partial charge in [-0.1, -0.05) is 0 Å². The molecule has 2 aromatic heterocycles. The number of rotatable bonds is 3. The van der Waals surface area contributed by atoms with E-state index in [0.717, 1.165) is 16.9 Å². The Hall–Kier alpha value is -2.96. The third-order valence-electron chi connectivity index (χ3n) is 3.02. The normalized spacial score (nSPS) is 10.6. The van der Waals surface area contributed by atoms with Gasteiger partial charge >= 0.3 is 0 Å². The molecule has 0 saturated heterocycles. The van der Waals surface area contributed by atoms with E-state index >= 15 is 0 Å². The number of ether oxygens (including phenoxy) is 1. The van der Waals surface area contributed by atoms with E-state index in [-0.39, 0.29) is 5.95 Å². The Morgan fingerprint density at radius 3 is 2.71 bits per heavy atom. The number of hydrogen-bond donors (Lipinski definition) is 1. The van der Waals surface area contributed by atoms with Crippen molar-refractivity contribution < 1.29 is 4.74 Å². The summed E-state index contributed by atoms with van der Waals surface area (Å²) in [5.74, 6) is 1.83. The van der Waals surface area contributed by atoms with E-state index in [1.54, 1.807) is 30.3 Å². The van der Waals surface area contributed by atoms with Crippen molar-refractivity contribution in [3.05, 3.63) is 42.2 Å². The fraction of sp³-hybridized carbons (Fsp3) is 0.143. The van der Waals surface area contributed by atoms with E-state index in [0.29, 0.717) is 11.8 Å². The van der Waals surface area contributed by atoms with E-state index < -0.39 is 0 Å². The fourth-order valence-electron chi connectivity index (χ4n) is 2.00.